The Kier molecular flexibility index (Phi) is 3.42. The predicted molar refractivity (Wildman–Crippen MR) is 69.0 cm³/mol. The van der Waals surface area contributed by atoms with E-state index in [9.17, 15) is 4.79 Å². The van der Waals surface area contributed by atoms with Gasteiger partial charge in [0.25, 0.3) is 0 Å². The maximum atomic E-state index is 10.7. The molecule has 0 amide bonds. The number of rotatable bonds is 3. The minimum atomic E-state index is 0.715. The van der Waals surface area contributed by atoms with Crippen LogP contribution in [0.3, 0.4) is 0 Å². The largest absolute Gasteiger partial charge is 0.298 e. The van der Waals surface area contributed by atoms with Gasteiger partial charge in [0.05, 0.1) is 0 Å². The first kappa shape index (κ1) is 11.0. The molecule has 1 nitrogen and oxygen atoms in total. The lowest BCUT2D eigenvalue weighted by Crippen LogP contribution is -1.82. The molecule has 2 heteroatoms. The summed E-state index contributed by atoms with van der Waals surface area (Å²) in [6.07, 6.45) is 2.93. The molecule has 2 aromatic carbocycles. The lowest BCUT2D eigenvalue weighted by Gasteiger charge is -2.04. The van der Waals surface area contributed by atoms with Crippen LogP contribution in [-0.2, 0) is 0 Å². The number of carbonyl (C=O) groups is 1. The van der Waals surface area contributed by atoms with Crippen molar-refractivity contribution >= 4 is 18.0 Å². The van der Waals surface area contributed by atoms with Crippen LogP contribution in [0.5, 0.6) is 0 Å². The van der Waals surface area contributed by atoms with Crippen LogP contribution in [0.25, 0.3) is 11.1 Å². The molecule has 0 heterocycles. The van der Waals surface area contributed by atoms with E-state index < -0.39 is 0 Å². The first-order valence-corrected chi connectivity index (χ1v) is 6.25. The van der Waals surface area contributed by atoms with Crippen LogP contribution in [0.2, 0.25) is 0 Å². The summed E-state index contributed by atoms with van der Waals surface area (Å²) in [5.74, 6) is 0. The van der Waals surface area contributed by atoms with Crippen molar-refractivity contribution < 1.29 is 4.79 Å². The molecule has 0 aliphatic carbocycles. The van der Waals surface area contributed by atoms with E-state index in [2.05, 4.69) is 24.5 Å². The van der Waals surface area contributed by atoms with Gasteiger partial charge in [-0.15, -0.1) is 11.8 Å². The van der Waals surface area contributed by atoms with Crippen molar-refractivity contribution in [2.75, 3.05) is 6.26 Å². The van der Waals surface area contributed by atoms with E-state index in [1.54, 1.807) is 11.8 Å². The molecule has 0 bridgehead atoms. The summed E-state index contributed by atoms with van der Waals surface area (Å²) in [7, 11) is 0. The van der Waals surface area contributed by atoms with Gasteiger partial charge in [-0.1, -0.05) is 30.3 Å². The normalized spacial score (nSPS) is 10.1. The fourth-order valence-corrected chi connectivity index (χ4v) is 2.05. The Bertz CT molecular complexity index is 506. The Hall–Kier alpha value is -1.54. The highest BCUT2D eigenvalue weighted by atomic mass is 32.2. The van der Waals surface area contributed by atoms with Crippen LogP contribution in [0.1, 0.15) is 10.4 Å². The van der Waals surface area contributed by atoms with E-state index in [4.69, 9.17) is 0 Å². The summed E-state index contributed by atoms with van der Waals surface area (Å²) in [4.78, 5) is 11.9. The van der Waals surface area contributed by atoms with Crippen LogP contribution < -0.4 is 0 Å². The predicted octanol–water partition coefficient (Wildman–Crippen LogP) is 3.89. The second-order valence-corrected chi connectivity index (χ2v) is 4.35. The SMILES string of the molecule is CSc1cccc(-c2cccc(C=O)c2)c1. The summed E-state index contributed by atoms with van der Waals surface area (Å²) < 4.78 is 0. The van der Waals surface area contributed by atoms with Crippen LogP contribution in [0, 0.1) is 0 Å². The number of benzene rings is 2. The third kappa shape index (κ3) is 2.34. The van der Waals surface area contributed by atoms with Gasteiger partial charge in [0.1, 0.15) is 6.29 Å². The van der Waals surface area contributed by atoms with Gasteiger partial charge in [0.15, 0.2) is 0 Å². The lowest BCUT2D eigenvalue weighted by atomic mass is 10.0. The molecule has 0 saturated carbocycles. The van der Waals surface area contributed by atoms with E-state index in [0.717, 1.165) is 17.4 Å². The molecule has 0 atom stereocenters. The highest BCUT2D eigenvalue weighted by Gasteiger charge is 1.99. The Labute approximate surface area is 99.5 Å². The topological polar surface area (TPSA) is 17.1 Å². The van der Waals surface area contributed by atoms with Gasteiger partial charge in [-0.05, 0) is 35.6 Å². The van der Waals surface area contributed by atoms with Crippen molar-refractivity contribution in [1.29, 1.82) is 0 Å². The first-order chi connectivity index (χ1) is 7.83. The van der Waals surface area contributed by atoms with Gasteiger partial charge in [0, 0.05) is 10.5 Å². The second-order valence-electron chi connectivity index (χ2n) is 3.48. The van der Waals surface area contributed by atoms with Gasteiger partial charge in [0.2, 0.25) is 0 Å². The number of carbonyl (C=O) groups excluding carboxylic acids is 1. The molecule has 0 radical (unpaired) electrons. The molecule has 0 aliphatic rings. The van der Waals surface area contributed by atoms with Gasteiger partial charge in [-0.2, -0.15) is 0 Å². The van der Waals surface area contributed by atoms with E-state index in [0.29, 0.717) is 5.56 Å². The fourth-order valence-electron chi connectivity index (χ4n) is 1.59. The summed E-state index contributed by atoms with van der Waals surface area (Å²) >= 11 is 1.72. The van der Waals surface area contributed by atoms with Gasteiger partial charge in [-0.3, -0.25) is 4.79 Å². The molecule has 0 unspecified atom stereocenters. The second kappa shape index (κ2) is 4.99. The molecule has 0 spiro atoms. The van der Waals surface area contributed by atoms with Crippen molar-refractivity contribution in [3.63, 3.8) is 0 Å². The zero-order valence-electron chi connectivity index (χ0n) is 9.01. The Morgan fingerprint density at radius 3 is 2.38 bits per heavy atom. The zero-order valence-corrected chi connectivity index (χ0v) is 9.83. The maximum Gasteiger partial charge on any atom is 0.150 e. The Morgan fingerprint density at radius 1 is 1.00 bits per heavy atom. The number of thioether (sulfide) groups is 1. The summed E-state index contributed by atoms with van der Waals surface area (Å²) in [6, 6.07) is 16.0. The highest BCUT2D eigenvalue weighted by Crippen LogP contribution is 2.24. The molecule has 0 saturated heterocycles. The first-order valence-electron chi connectivity index (χ1n) is 5.03. The number of hydrogen-bond donors (Lipinski definition) is 0. The quantitative estimate of drug-likeness (QED) is 0.585. The minimum Gasteiger partial charge on any atom is -0.298 e. The maximum absolute atomic E-state index is 10.7. The molecular formula is C14H12OS. The Balaban J connectivity index is 2.45. The third-order valence-electron chi connectivity index (χ3n) is 2.43. The number of aldehydes is 1. The summed E-state index contributed by atoms with van der Waals surface area (Å²) in [5.41, 5.74) is 2.95. The van der Waals surface area contributed by atoms with E-state index in [1.807, 2.05) is 30.3 Å². The molecule has 2 rings (SSSR count). The smallest absolute Gasteiger partial charge is 0.150 e. The minimum absolute atomic E-state index is 0.715. The third-order valence-corrected chi connectivity index (χ3v) is 3.15. The van der Waals surface area contributed by atoms with E-state index in [1.165, 1.54) is 4.90 Å². The monoisotopic (exact) mass is 228 g/mol. The molecule has 2 aromatic rings. The average Bonchev–Trinajstić information content (AvgIpc) is 2.39. The average molecular weight is 228 g/mol. The Morgan fingerprint density at radius 2 is 1.69 bits per heavy atom. The van der Waals surface area contributed by atoms with Gasteiger partial charge < -0.3 is 0 Å². The van der Waals surface area contributed by atoms with E-state index in [-0.39, 0.29) is 0 Å². The standard InChI is InChI=1S/C14H12OS/c1-16-14-7-3-6-13(9-14)12-5-2-4-11(8-12)10-15/h2-10H,1H3. The van der Waals surface area contributed by atoms with Crippen LogP contribution in [0.4, 0.5) is 0 Å². The van der Waals surface area contributed by atoms with Gasteiger partial charge >= 0.3 is 0 Å². The molecule has 0 fully saturated rings. The summed E-state index contributed by atoms with van der Waals surface area (Å²) in [6.45, 7) is 0. The van der Waals surface area contributed by atoms with Crippen LogP contribution >= 0.6 is 11.8 Å². The van der Waals surface area contributed by atoms with Crippen LogP contribution in [-0.4, -0.2) is 12.5 Å². The number of hydrogen-bond acceptors (Lipinski definition) is 2. The fraction of sp³-hybridized carbons (Fsp3) is 0.0714. The molecular weight excluding hydrogens is 216 g/mol. The van der Waals surface area contributed by atoms with Crippen molar-refractivity contribution in [2.24, 2.45) is 0 Å². The van der Waals surface area contributed by atoms with Gasteiger partial charge in [-0.25, -0.2) is 0 Å². The van der Waals surface area contributed by atoms with Crippen LogP contribution in [0.15, 0.2) is 53.4 Å². The molecule has 0 aliphatic heterocycles. The zero-order chi connectivity index (χ0) is 11.4. The molecule has 16 heavy (non-hydrogen) atoms. The molecule has 80 valence electrons. The molecule has 0 N–H and O–H groups in total. The van der Waals surface area contributed by atoms with Crippen molar-refractivity contribution in [3.8, 4) is 11.1 Å². The van der Waals surface area contributed by atoms with Crippen molar-refractivity contribution in [1.82, 2.24) is 0 Å². The lowest BCUT2D eigenvalue weighted by molar-refractivity contribution is 0.112. The molecule has 0 aromatic heterocycles. The van der Waals surface area contributed by atoms with Crippen molar-refractivity contribution in [2.45, 2.75) is 4.90 Å². The van der Waals surface area contributed by atoms with Crippen molar-refractivity contribution in [3.05, 3.63) is 54.1 Å². The summed E-state index contributed by atoms with van der Waals surface area (Å²) in [5, 5.41) is 0. The highest BCUT2D eigenvalue weighted by molar-refractivity contribution is 7.98. The van der Waals surface area contributed by atoms with E-state index >= 15 is 0 Å².